The molecule has 66 valence electrons. The molecule has 1 aliphatic rings. The standard InChI is InChI=1S/C10H14O2/c1-3-4-5-6-9-7-8(2)12-10(9)11/h3,7-8H,1,4-6H2,2H3. The summed E-state index contributed by atoms with van der Waals surface area (Å²) < 4.78 is 4.95. The largest absolute Gasteiger partial charge is 0.455 e. The average Bonchev–Trinajstić information content (AvgIpc) is 2.31. The molecule has 0 saturated heterocycles. The first-order chi connectivity index (χ1) is 5.74. The third-order valence-corrected chi connectivity index (χ3v) is 1.85. The molecular weight excluding hydrogens is 152 g/mol. The van der Waals surface area contributed by atoms with Crippen LogP contribution >= 0.6 is 0 Å². The fourth-order valence-electron chi connectivity index (χ4n) is 1.25. The number of carbonyl (C=O) groups excluding carboxylic acids is 1. The first-order valence-corrected chi connectivity index (χ1v) is 4.26. The number of hydrogen-bond acceptors (Lipinski definition) is 2. The summed E-state index contributed by atoms with van der Waals surface area (Å²) in [6.07, 6.45) is 6.48. The number of unbranched alkanes of at least 4 members (excludes halogenated alkanes) is 1. The van der Waals surface area contributed by atoms with Crippen molar-refractivity contribution in [2.75, 3.05) is 0 Å². The van der Waals surface area contributed by atoms with Crippen molar-refractivity contribution >= 4 is 5.97 Å². The molecule has 0 aliphatic carbocycles. The summed E-state index contributed by atoms with van der Waals surface area (Å²) in [6, 6.07) is 0. The molecule has 2 nitrogen and oxygen atoms in total. The van der Waals surface area contributed by atoms with Crippen molar-refractivity contribution in [1.82, 2.24) is 0 Å². The Hall–Kier alpha value is -1.05. The molecule has 0 aromatic carbocycles. The summed E-state index contributed by atoms with van der Waals surface area (Å²) >= 11 is 0. The molecule has 0 spiro atoms. The van der Waals surface area contributed by atoms with Crippen molar-refractivity contribution in [3.05, 3.63) is 24.3 Å². The Morgan fingerprint density at radius 2 is 2.50 bits per heavy atom. The Morgan fingerprint density at radius 1 is 1.75 bits per heavy atom. The fourth-order valence-corrected chi connectivity index (χ4v) is 1.25. The lowest BCUT2D eigenvalue weighted by molar-refractivity contribution is -0.139. The van der Waals surface area contributed by atoms with Crippen LogP contribution in [0.5, 0.6) is 0 Å². The highest BCUT2D eigenvalue weighted by molar-refractivity contribution is 5.90. The van der Waals surface area contributed by atoms with Crippen LogP contribution < -0.4 is 0 Å². The molecule has 1 rings (SSSR count). The van der Waals surface area contributed by atoms with Crippen molar-refractivity contribution in [2.45, 2.75) is 32.3 Å². The Bertz CT molecular complexity index is 216. The van der Waals surface area contributed by atoms with Gasteiger partial charge in [-0.1, -0.05) is 6.08 Å². The van der Waals surface area contributed by atoms with Crippen LogP contribution in [-0.2, 0) is 9.53 Å². The minimum Gasteiger partial charge on any atom is -0.455 e. The smallest absolute Gasteiger partial charge is 0.334 e. The molecule has 0 amide bonds. The molecule has 12 heavy (non-hydrogen) atoms. The van der Waals surface area contributed by atoms with Crippen LogP contribution in [-0.4, -0.2) is 12.1 Å². The molecule has 0 radical (unpaired) electrons. The van der Waals surface area contributed by atoms with Gasteiger partial charge in [-0.05, 0) is 32.3 Å². The van der Waals surface area contributed by atoms with E-state index < -0.39 is 0 Å². The van der Waals surface area contributed by atoms with Crippen LogP contribution in [0.1, 0.15) is 26.2 Å². The third kappa shape index (κ3) is 2.22. The van der Waals surface area contributed by atoms with Gasteiger partial charge < -0.3 is 4.74 Å². The first kappa shape index (κ1) is 9.04. The number of rotatable bonds is 4. The molecule has 0 saturated carbocycles. The molecule has 1 aliphatic heterocycles. The van der Waals surface area contributed by atoms with Gasteiger partial charge in [0.2, 0.25) is 0 Å². The van der Waals surface area contributed by atoms with E-state index in [1.54, 1.807) is 0 Å². The summed E-state index contributed by atoms with van der Waals surface area (Å²) in [4.78, 5) is 11.1. The average molecular weight is 166 g/mol. The fraction of sp³-hybridized carbons (Fsp3) is 0.500. The van der Waals surface area contributed by atoms with Gasteiger partial charge in [0.05, 0.1) is 0 Å². The number of hydrogen-bond donors (Lipinski definition) is 0. The third-order valence-electron chi connectivity index (χ3n) is 1.85. The van der Waals surface area contributed by atoms with Gasteiger partial charge in [0, 0.05) is 5.57 Å². The van der Waals surface area contributed by atoms with Crippen LogP contribution in [0.2, 0.25) is 0 Å². The molecule has 1 atom stereocenters. The number of ether oxygens (including phenoxy) is 1. The van der Waals surface area contributed by atoms with Crippen LogP contribution in [0.4, 0.5) is 0 Å². The van der Waals surface area contributed by atoms with Crippen LogP contribution in [0.15, 0.2) is 24.3 Å². The van der Waals surface area contributed by atoms with E-state index >= 15 is 0 Å². The second kappa shape index (κ2) is 4.10. The lowest BCUT2D eigenvalue weighted by Gasteiger charge is -1.98. The van der Waals surface area contributed by atoms with E-state index in [0.29, 0.717) is 0 Å². The predicted molar refractivity (Wildman–Crippen MR) is 47.7 cm³/mol. The summed E-state index contributed by atoms with van der Waals surface area (Å²) in [5, 5.41) is 0. The van der Waals surface area contributed by atoms with Gasteiger partial charge >= 0.3 is 5.97 Å². The molecule has 0 aromatic heterocycles. The maximum atomic E-state index is 11.1. The van der Waals surface area contributed by atoms with E-state index in [2.05, 4.69) is 6.58 Å². The van der Waals surface area contributed by atoms with Crippen molar-refractivity contribution in [2.24, 2.45) is 0 Å². The van der Waals surface area contributed by atoms with Gasteiger partial charge in [0.15, 0.2) is 0 Å². The summed E-state index contributed by atoms with van der Waals surface area (Å²) in [5.74, 6) is -0.147. The van der Waals surface area contributed by atoms with Gasteiger partial charge in [-0.25, -0.2) is 4.79 Å². The second-order valence-corrected chi connectivity index (χ2v) is 2.98. The van der Waals surface area contributed by atoms with Gasteiger partial charge in [0.25, 0.3) is 0 Å². The van der Waals surface area contributed by atoms with Gasteiger partial charge in [-0.15, -0.1) is 6.58 Å². The van der Waals surface area contributed by atoms with Crippen molar-refractivity contribution in [3.8, 4) is 0 Å². The zero-order chi connectivity index (χ0) is 8.97. The van der Waals surface area contributed by atoms with Crippen LogP contribution in [0, 0.1) is 0 Å². The summed E-state index contributed by atoms with van der Waals surface area (Å²) in [6.45, 7) is 5.50. The number of carbonyl (C=O) groups is 1. The zero-order valence-electron chi connectivity index (χ0n) is 7.38. The molecule has 0 N–H and O–H groups in total. The SMILES string of the molecule is C=CCCCC1=CC(C)OC1=O. The molecule has 0 bridgehead atoms. The van der Waals surface area contributed by atoms with Gasteiger partial charge in [-0.2, -0.15) is 0 Å². The van der Waals surface area contributed by atoms with E-state index in [9.17, 15) is 4.79 Å². The van der Waals surface area contributed by atoms with Crippen molar-refractivity contribution in [1.29, 1.82) is 0 Å². The molecule has 1 unspecified atom stereocenters. The zero-order valence-corrected chi connectivity index (χ0v) is 7.38. The van der Waals surface area contributed by atoms with E-state index in [1.165, 1.54) is 0 Å². The highest BCUT2D eigenvalue weighted by Crippen LogP contribution is 2.18. The highest BCUT2D eigenvalue weighted by Gasteiger charge is 2.20. The Kier molecular flexibility index (Phi) is 3.09. The summed E-state index contributed by atoms with van der Waals surface area (Å²) in [7, 11) is 0. The molecule has 0 fully saturated rings. The lowest BCUT2D eigenvalue weighted by Crippen LogP contribution is -2.03. The second-order valence-electron chi connectivity index (χ2n) is 2.98. The molecular formula is C10H14O2. The number of allylic oxidation sites excluding steroid dienone is 1. The normalized spacial score (nSPS) is 21.9. The Morgan fingerprint density at radius 3 is 3.00 bits per heavy atom. The monoisotopic (exact) mass is 166 g/mol. The molecule has 0 aromatic rings. The summed E-state index contributed by atoms with van der Waals surface area (Å²) in [5.41, 5.74) is 0.823. The Balaban J connectivity index is 2.36. The Labute approximate surface area is 72.9 Å². The molecule has 2 heteroatoms. The van der Waals surface area contributed by atoms with Crippen molar-refractivity contribution in [3.63, 3.8) is 0 Å². The molecule has 1 heterocycles. The van der Waals surface area contributed by atoms with E-state index in [-0.39, 0.29) is 12.1 Å². The highest BCUT2D eigenvalue weighted by atomic mass is 16.5. The minimum atomic E-state index is -0.147. The topological polar surface area (TPSA) is 26.3 Å². The quantitative estimate of drug-likeness (QED) is 0.363. The maximum Gasteiger partial charge on any atom is 0.334 e. The van der Waals surface area contributed by atoms with Crippen LogP contribution in [0.25, 0.3) is 0 Å². The number of esters is 1. The van der Waals surface area contributed by atoms with Gasteiger partial charge in [-0.3, -0.25) is 0 Å². The van der Waals surface area contributed by atoms with Crippen molar-refractivity contribution < 1.29 is 9.53 Å². The first-order valence-electron chi connectivity index (χ1n) is 4.26. The van der Waals surface area contributed by atoms with E-state index in [4.69, 9.17) is 4.74 Å². The van der Waals surface area contributed by atoms with E-state index in [1.807, 2.05) is 19.1 Å². The lowest BCUT2D eigenvalue weighted by atomic mass is 10.1. The van der Waals surface area contributed by atoms with E-state index in [0.717, 1.165) is 24.8 Å². The number of cyclic esters (lactones) is 1. The predicted octanol–water partition coefficient (Wildman–Crippen LogP) is 2.21. The minimum absolute atomic E-state index is 0.0313. The van der Waals surface area contributed by atoms with Crippen LogP contribution in [0.3, 0.4) is 0 Å². The maximum absolute atomic E-state index is 11.1. The van der Waals surface area contributed by atoms with Gasteiger partial charge in [0.1, 0.15) is 6.10 Å².